The second-order valence-corrected chi connectivity index (χ2v) is 3.87. The second-order valence-electron chi connectivity index (χ2n) is 2.48. The van der Waals surface area contributed by atoms with Crippen molar-refractivity contribution >= 4 is 23.5 Å². The van der Waals surface area contributed by atoms with Crippen LogP contribution in [0, 0.1) is 5.92 Å². The molecule has 1 rings (SSSR count). The maximum Gasteiger partial charge on any atom is 0.0175 e. The average molecular weight is 166 g/mol. The Balaban J connectivity index is 2.14. The highest BCUT2D eigenvalue weighted by atomic mass is 35.5. The summed E-state index contributed by atoms with van der Waals surface area (Å²) in [4.78, 5) is 0. The predicted octanol–water partition coefficient (Wildman–Crippen LogP) is 1.83. The lowest BCUT2D eigenvalue weighted by Gasteiger charge is -2.05. The molecule has 0 spiro atoms. The van der Waals surface area contributed by atoms with Crippen LogP contribution in [0.3, 0.4) is 0 Å². The van der Waals surface area contributed by atoms with Crippen LogP contribution in [0.1, 0.15) is 6.42 Å². The van der Waals surface area contributed by atoms with Crippen molar-refractivity contribution in [1.82, 2.24) is 4.42 Å². The number of halogens is 1. The van der Waals surface area contributed by atoms with Crippen molar-refractivity contribution < 1.29 is 0 Å². The zero-order valence-corrected chi connectivity index (χ0v) is 7.21. The van der Waals surface area contributed by atoms with Gasteiger partial charge in [-0.1, -0.05) is 0 Å². The Bertz CT molecular complexity index is 87.1. The van der Waals surface area contributed by atoms with Crippen LogP contribution in [0.25, 0.3) is 0 Å². The summed E-state index contributed by atoms with van der Waals surface area (Å²) < 4.78 is 1.89. The van der Waals surface area contributed by atoms with Gasteiger partial charge in [-0.15, -0.1) is 0 Å². The molecule has 0 amide bonds. The number of rotatable bonds is 2. The quantitative estimate of drug-likeness (QED) is 0.575. The van der Waals surface area contributed by atoms with Crippen molar-refractivity contribution in [3.8, 4) is 0 Å². The van der Waals surface area contributed by atoms with E-state index in [2.05, 4.69) is 6.26 Å². The average Bonchev–Trinajstić information content (AvgIpc) is 2.17. The molecule has 0 aromatic heterocycles. The van der Waals surface area contributed by atoms with Gasteiger partial charge in [0.2, 0.25) is 0 Å². The minimum absolute atomic E-state index is 0.845. The standard InChI is InChI=1S/C6H12ClNS/c1-9-5-6-2-3-8(7)4-6/h6H,2-5H2,1H3/t6-/m1/s1. The summed E-state index contributed by atoms with van der Waals surface area (Å²) >= 11 is 7.68. The number of hydrogen-bond acceptors (Lipinski definition) is 2. The normalized spacial score (nSPS) is 29.3. The third-order valence-corrected chi connectivity index (χ3v) is 2.75. The molecule has 1 saturated heterocycles. The van der Waals surface area contributed by atoms with E-state index in [0.29, 0.717) is 0 Å². The number of hydrogen-bond donors (Lipinski definition) is 0. The summed E-state index contributed by atoms with van der Waals surface area (Å²) in [5.74, 6) is 2.11. The van der Waals surface area contributed by atoms with E-state index < -0.39 is 0 Å². The van der Waals surface area contributed by atoms with Crippen LogP contribution >= 0.6 is 23.5 Å². The monoisotopic (exact) mass is 165 g/mol. The largest absolute Gasteiger partial charge is 0.220 e. The van der Waals surface area contributed by atoms with Crippen LogP contribution < -0.4 is 0 Å². The van der Waals surface area contributed by atoms with Crippen molar-refractivity contribution in [3.05, 3.63) is 0 Å². The third-order valence-electron chi connectivity index (χ3n) is 1.64. The molecule has 0 aliphatic carbocycles. The van der Waals surface area contributed by atoms with Crippen LogP contribution in [-0.2, 0) is 0 Å². The van der Waals surface area contributed by atoms with Gasteiger partial charge in [0.05, 0.1) is 0 Å². The lowest BCUT2D eigenvalue weighted by atomic mass is 10.2. The van der Waals surface area contributed by atoms with E-state index in [1.54, 1.807) is 0 Å². The van der Waals surface area contributed by atoms with Gasteiger partial charge in [-0.2, -0.15) is 11.8 Å². The van der Waals surface area contributed by atoms with E-state index in [4.69, 9.17) is 11.8 Å². The topological polar surface area (TPSA) is 3.24 Å². The zero-order valence-electron chi connectivity index (χ0n) is 5.64. The highest BCUT2D eigenvalue weighted by molar-refractivity contribution is 7.98. The molecule has 0 aromatic rings. The van der Waals surface area contributed by atoms with Crippen LogP contribution in [0.4, 0.5) is 0 Å². The molecule has 1 fully saturated rings. The van der Waals surface area contributed by atoms with E-state index in [0.717, 1.165) is 19.0 Å². The Morgan fingerprint density at radius 2 is 2.56 bits per heavy atom. The highest BCUT2D eigenvalue weighted by Gasteiger charge is 2.19. The van der Waals surface area contributed by atoms with E-state index in [1.807, 2.05) is 16.2 Å². The molecule has 0 bridgehead atoms. The summed E-state index contributed by atoms with van der Waals surface area (Å²) in [5.41, 5.74) is 0. The zero-order chi connectivity index (χ0) is 6.69. The fraction of sp³-hybridized carbons (Fsp3) is 1.00. The van der Waals surface area contributed by atoms with Gasteiger partial charge in [0.25, 0.3) is 0 Å². The first kappa shape index (κ1) is 7.70. The molecular formula is C6H12ClNS. The van der Waals surface area contributed by atoms with Crippen molar-refractivity contribution in [2.75, 3.05) is 25.1 Å². The van der Waals surface area contributed by atoms with Crippen molar-refractivity contribution in [1.29, 1.82) is 0 Å². The molecule has 1 aliphatic heterocycles. The fourth-order valence-electron chi connectivity index (χ4n) is 1.16. The fourth-order valence-corrected chi connectivity index (χ4v) is 2.19. The minimum atomic E-state index is 0.845. The molecule has 54 valence electrons. The van der Waals surface area contributed by atoms with Gasteiger partial charge in [-0.3, -0.25) is 0 Å². The Hall–Kier alpha value is 0.600. The molecule has 0 aromatic carbocycles. The van der Waals surface area contributed by atoms with Gasteiger partial charge in [0.1, 0.15) is 0 Å². The van der Waals surface area contributed by atoms with Gasteiger partial charge < -0.3 is 0 Å². The summed E-state index contributed by atoms with van der Waals surface area (Å²) in [6.07, 6.45) is 3.43. The summed E-state index contributed by atoms with van der Waals surface area (Å²) in [5, 5.41) is 0. The van der Waals surface area contributed by atoms with Gasteiger partial charge in [0.15, 0.2) is 0 Å². The van der Waals surface area contributed by atoms with E-state index in [1.165, 1.54) is 12.2 Å². The third kappa shape index (κ3) is 2.36. The van der Waals surface area contributed by atoms with Crippen molar-refractivity contribution in [2.24, 2.45) is 5.92 Å². The smallest absolute Gasteiger partial charge is 0.0175 e. The first-order valence-electron chi connectivity index (χ1n) is 3.22. The Morgan fingerprint density at radius 1 is 1.78 bits per heavy atom. The van der Waals surface area contributed by atoms with Crippen LogP contribution in [0.5, 0.6) is 0 Å². The molecule has 0 radical (unpaired) electrons. The second kappa shape index (κ2) is 3.69. The number of nitrogens with zero attached hydrogens (tertiary/aromatic N) is 1. The molecule has 0 saturated carbocycles. The molecule has 1 heterocycles. The number of thioether (sulfide) groups is 1. The Labute approximate surface area is 65.9 Å². The molecule has 1 aliphatic rings. The minimum Gasteiger partial charge on any atom is -0.220 e. The van der Waals surface area contributed by atoms with Gasteiger partial charge in [-0.25, -0.2) is 4.42 Å². The molecular weight excluding hydrogens is 154 g/mol. The SMILES string of the molecule is CSC[C@@H]1CCN(Cl)C1. The summed E-state index contributed by atoms with van der Waals surface area (Å²) in [6, 6.07) is 0. The predicted molar refractivity (Wildman–Crippen MR) is 43.9 cm³/mol. The van der Waals surface area contributed by atoms with Gasteiger partial charge in [-0.05, 0) is 36.1 Å². The van der Waals surface area contributed by atoms with Gasteiger partial charge >= 0.3 is 0 Å². The van der Waals surface area contributed by atoms with E-state index in [-0.39, 0.29) is 0 Å². The molecule has 3 heteroatoms. The maximum absolute atomic E-state index is 5.77. The molecule has 0 N–H and O–H groups in total. The van der Waals surface area contributed by atoms with E-state index in [9.17, 15) is 0 Å². The summed E-state index contributed by atoms with van der Waals surface area (Å²) in [6.45, 7) is 2.16. The maximum atomic E-state index is 5.77. The summed E-state index contributed by atoms with van der Waals surface area (Å²) in [7, 11) is 0. The van der Waals surface area contributed by atoms with Crippen LogP contribution in [0.2, 0.25) is 0 Å². The Kier molecular flexibility index (Phi) is 3.16. The first-order valence-corrected chi connectivity index (χ1v) is 4.96. The van der Waals surface area contributed by atoms with Crippen LogP contribution in [0.15, 0.2) is 0 Å². The lowest BCUT2D eigenvalue weighted by molar-refractivity contribution is 0.537. The molecule has 1 nitrogen and oxygen atoms in total. The van der Waals surface area contributed by atoms with Crippen molar-refractivity contribution in [3.63, 3.8) is 0 Å². The molecule has 1 atom stereocenters. The van der Waals surface area contributed by atoms with Crippen LogP contribution in [-0.4, -0.2) is 29.5 Å². The first-order chi connectivity index (χ1) is 4.33. The molecule has 0 unspecified atom stereocenters. The lowest BCUT2D eigenvalue weighted by Crippen LogP contribution is -2.09. The van der Waals surface area contributed by atoms with Crippen molar-refractivity contribution in [2.45, 2.75) is 6.42 Å². The Morgan fingerprint density at radius 3 is 3.00 bits per heavy atom. The van der Waals surface area contributed by atoms with Gasteiger partial charge in [0, 0.05) is 13.1 Å². The molecule has 9 heavy (non-hydrogen) atoms. The highest BCUT2D eigenvalue weighted by Crippen LogP contribution is 2.20. The van der Waals surface area contributed by atoms with E-state index >= 15 is 0 Å².